The fourth-order valence-electron chi connectivity index (χ4n) is 4.46. The highest BCUT2D eigenvalue weighted by Crippen LogP contribution is 2.25. The van der Waals surface area contributed by atoms with Crippen molar-refractivity contribution in [3.8, 4) is 5.75 Å². The van der Waals surface area contributed by atoms with Crippen LogP contribution in [0.2, 0.25) is 5.02 Å². The van der Waals surface area contributed by atoms with Gasteiger partial charge in [0.1, 0.15) is 5.75 Å². The minimum atomic E-state index is -0.455. The Labute approximate surface area is 206 Å². The van der Waals surface area contributed by atoms with Gasteiger partial charge in [0.15, 0.2) is 0 Å². The summed E-state index contributed by atoms with van der Waals surface area (Å²) in [6.07, 6.45) is 2.06. The van der Waals surface area contributed by atoms with Gasteiger partial charge in [-0.15, -0.1) is 0 Å². The molecule has 1 unspecified atom stereocenters. The number of carbonyl (C=O) groups is 2. The van der Waals surface area contributed by atoms with Crippen molar-refractivity contribution in [2.24, 2.45) is 0 Å². The molecule has 1 N–H and O–H groups in total. The van der Waals surface area contributed by atoms with Crippen LogP contribution in [0.5, 0.6) is 5.75 Å². The van der Waals surface area contributed by atoms with Gasteiger partial charge in [-0.2, -0.15) is 0 Å². The van der Waals surface area contributed by atoms with Crippen LogP contribution < -0.4 is 19.9 Å². The molecule has 0 saturated carbocycles. The summed E-state index contributed by atoms with van der Waals surface area (Å²) in [5, 5.41) is 4.06. The molecule has 0 spiro atoms. The molecule has 0 aliphatic carbocycles. The summed E-state index contributed by atoms with van der Waals surface area (Å²) in [7, 11) is 0. The van der Waals surface area contributed by atoms with Gasteiger partial charge in [0, 0.05) is 36.9 Å². The molecule has 0 bridgehead atoms. The number of piperazine rings is 1. The van der Waals surface area contributed by atoms with E-state index < -0.39 is 6.04 Å². The summed E-state index contributed by atoms with van der Waals surface area (Å²) >= 11 is 6.12. The van der Waals surface area contributed by atoms with Crippen LogP contribution in [0.25, 0.3) is 0 Å². The first-order valence-corrected chi connectivity index (χ1v) is 12.5. The first-order chi connectivity index (χ1) is 16.5. The molecule has 34 heavy (non-hydrogen) atoms. The van der Waals surface area contributed by atoms with E-state index in [2.05, 4.69) is 21.2 Å². The van der Waals surface area contributed by atoms with Gasteiger partial charge < -0.3 is 15.0 Å². The molecule has 4 rings (SSSR count). The van der Waals surface area contributed by atoms with Gasteiger partial charge in [0.2, 0.25) is 5.91 Å². The van der Waals surface area contributed by atoms with E-state index in [4.69, 9.17) is 16.3 Å². The molecule has 2 amide bonds. The minimum absolute atomic E-state index is 0.165. The number of hydrogen-bond acceptors (Lipinski definition) is 6. The second-order valence-electron chi connectivity index (χ2n) is 8.78. The third kappa shape index (κ3) is 6.09. The number of imide groups is 1. The zero-order valence-corrected chi connectivity index (χ0v) is 20.5. The SMILES string of the molecule is CCCOc1ccc(N2C(=O)CC(NCCCN3CCN(c4cccc(Cl)c4)CC3)C2=O)cc1. The monoisotopic (exact) mass is 484 g/mol. The standard InChI is InChI=1S/C26H33ClN4O3/c1-2-17-34-23-9-7-21(8-10-23)31-25(32)19-24(26(31)33)28-11-4-12-29-13-15-30(16-14-29)22-6-3-5-20(27)18-22/h3,5-10,18,24,28H,2,4,11-17,19H2,1H3. The average Bonchev–Trinajstić information content (AvgIpc) is 3.14. The van der Waals surface area contributed by atoms with Gasteiger partial charge >= 0.3 is 0 Å². The lowest BCUT2D eigenvalue weighted by Gasteiger charge is -2.36. The normalized spacial score (nSPS) is 19.2. The molecule has 182 valence electrons. The van der Waals surface area contributed by atoms with Crippen LogP contribution in [0.4, 0.5) is 11.4 Å². The van der Waals surface area contributed by atoms with Crippen LogP contribution in [-0.4, -0.2) is 68.6 Å². The number of halogens is 1. The maximum Gasteiger partial charge on any atom is 0.251 e. The second kappa shape index (κ2) is 11.7. The molecular formula is C26H33ClN4O3. The van der Waals surface area contributed by atoms with Gasteiger partial charge in [0.25, 0.3) is 5.91 Å². The van der Waals surface area contributed by atoms with Gasteiger partial charge in [-0.1, -0.05) is 24.6 Å². The zero-order chi connectivity index (χ0) is 23.9. The van der Waals surface area contributed by atoms with Gasteiger partial charge in [-0.25, -0.2) is 4.90 Å². The van der Waals surface area contributed by atoms with Crippen molar-refractivity contribution in [2.45, 2.75) is 32.2 Å². The number of amides is 2. The van der Waals surface area contributed by atoms with Gasteiger partial charge in [0.05, 0.1) is 24.8 Å². The number of nitrogens with zero attached hydrogens (tertiary/aromatic N) is 3. The van der Waals surface area contributed by atoms with Crippen LogP contribution in [-0.2, 0) is 9.59 Å². The lowest BCUT2D eigenvalue weighted by atomic mass is 10.2. The third-order valence-electron chi connectivity index (χ3n) is 6.30. The first-order valence-electron chi connectivity index (χ1n) is 12.1. The maximum absolute atomic E-state index is 12.8. The van der Waals surface area contributed by atoms with Crippen molar-refractivity contribution in [1.82, 2.24) is 10.2 Å². The Balaban J connectivity index is 1.18. The fourth-order valence-corrected chi connectivity index (χ4v) is 4.64. The van der Waals surface area contributed by atoms with Crippen molar-refractivity contribution < 1.29 is 14.3 Å². The summed E-state index contributed by atoms with van der Waals surface area (Å²) in [6.45, 7) is 8.31. The van der Waals surface area contributed by atoms with Gasteiger partial charge in [-0.05, 0) is 68.4 Å². The molecular weight excluding hydrogens is 452 g/mol. The first kappa shape index (κ1) is 24.5. The van der Waals surface area contributed by atoms with Gasteiger partial charge in [-0.3, -0.25) is 14.5 Å². The van der Waals surface area contributed by atoms with Crippen molar-refractivity contribution in [3.63, 3.8) is 0 Å². The van der Waals surface area contributed by atoms with E-state index >= 15 is 0 Å². The highest BCUT2D eigenvalue weighted by atomic mass is 35.5. The molecule has 8 heteroatoms. The van der Waals surface area contributed by atoms with E-state index in [9.17, 15) is 9.59 Å². The number of hydrogen-bond donors (Lipinski definition) is 1. The zero-order valence-electron chi connectivity index (χ0n) is 19.7. The Morgan fingerprint density at radius 1 is 1.03 bits per heavy atom. The Hall–Kier alpha value is -2.61. The summed E-state index contributed by atoms with van der Waals surface area (Å²) in [6, 6.07) is 14.7. The summed E-state index contributed by atoms with van der Waals surface area (Å²) in [5.74, 6) is 0.400. The topological polar surface area (TPSA) is 65.1 Å². The number of rotatable bonds is 10. The third-order valence-corrected chi connectivity index (χ3v) is 6.54. The Morgan fingerprint density at radius 3 is 2.50 bits per heavy atom. The average molecular weight is 485 g/mol. The summed E-state index contributed by atoms with van der Waals surface area (Å²) in [5.41, 5.74) is 1.77. The van der Waals surface area contributed by atoms with Crippen LogP contribution in [0, 0.1) is 0 Å². The molecule has 7 nitrogen and oxygen atoms in total. The Morgan fingerprint density at radius 2 is 1.79 bits per heavy atom. The van der Waals surface area contributed by atoms with E-state index in [1.807, 2.05) is 25.1 Å². The minimum Gasteiger partial charge on any atom is -0.494 e. The summed E-state index contributed by atoms with van der Waals surface area (Å²) in [4.78, 5) is 31.5. The second-order valence-corrected chi connectivity index (χ2v) is 9.22. The molecule has 2 fully saturated rings. The number of anilines is 2. The Kier molecular flexibility index (Phi) is 8.43. The molecule has 2 aliphatic heterocycles. The quantitative estimate of drug-likeness (QED) is 0.411. The molecule has 0 radical (unpaired) electrons. The number of carbonyl (C=O) groups excluding carboxylic acids is 2. The number of benzene rings is 2. The predicted molar refractivity (Wildman–Crippen MR) is 136 cm³/mol. The Bertz CT molecular complexity index is 976. The molecule has 0 aromatic heterocycles. The molecule has 2 aromatic rings. The largest absolute Gasteiger partial charge is 0.494 e. The summed E-state index contributed by atoms with van der Waals surface area (Å²) < 4.78 is 5.58. The van der Waals surface area contributed by atoms with E-state index in [0.29, 0.717) is 18.8 Å². The fraction of sp³-hybridized carbons (Fsp3) is 0.462. The van der Waals surface area contributed by atoms with Crippen LogP contribution in [0.15, 0.2) is 48.5 Å². The molecule has 2 saturated heterocycles. The molecule has 2 aromatic carbocycles. The van der Waals surface area contributed by atoms with E-state index in [1.165, 1.54) is 10.6 Å². The highest BCUT2D eigenvalue weighted by molar-refractivity contribution is 6.30. The van der Waals surface area contributed by atoms with Crippen LogP contribution in [0.1, 0.15) is 26.2 Å². The van der Waals surface area contributed by atoms with Crippen molar-refractivity contribution >= 4 is 34.8 Å². The lowest BCUT2D eigenvalue weighted by Crippen LogP contribution is -2.47. The van der Waals surface area contributed by atoms with E-state index in [1.54, 1.807) is 24.3 Å². The van der Waals surface area contributed by atoms with Crippen molar-refractivity contribution in [1.29, 1.82) is 0 Å². The molecule has 2 heterocycles. The maximum atomic E-state index is 12.8. The van der Waals surface area contributed by atoms with Crippen LogP contribution in [0.3, 0.4) is 0 Å². The predicted octanol–water partition coefficient (Wildman–Crippen LogP) is 3.56. The molecule has 1 atom stereocenters. The molecule has 2 aliphatic rings. The van der Waals surface area contributed by atoms with E-state index in [0.717, 1.165) is 56.3 Å². The highest BCUT2D eigenvalue weighted by Gasteiger charge is 2.39. The van der Waals surface area contributed by atoms with Crippen LogP contribution >= 0.6 is 11.6 Å². The number of nitrogens with one attached hydrogen (secondary N) is 1. The van der Waals surface area contributed by atoms with Crippen molar-refractivity contribution in [3.05, 3.63) is 53.6 Å². The smallest absolute Gasteiger partial charge is 0.251 e. The van der Waals surface area contributed by atoms with E-state index in [-0.39, 0.29) is 18.2 Å². The lowest BCUT2D eigenvalue weighted by molar-refractivity contribution is -0.121. The van der Waals surface area contributed by atoms with Crippen molar-refractivity contribution in [2.75, 3.05) is 55.7 Å². The number of ether oxygens (including phenoxy) is 1.